The van der Waals surface area contributed by atoms with Crippen molar-refractivity contribution in [3.8, 4) is 0 Å². The number of aryl methyl sites for hydroxylation is 1. The summed E-state index contributed by atoms with van der Waals surface area (Å²) in [5.41, 5.74) is 4.09. The predicted octanol–water partition coefficient (Wildman–Crippen LogP) is 6.59. The first kappa shape index (κ1) is 14.8. The number of hydrogen-bond donors (Lipinski definition) is 0. The molecule has 0 nitrogen and oxygen atoms in total. The van der Waals surface area contributed by atoms with Crippen molar-refractivity contribution >= 4 is 42.6 Å². The molecule has 0 radical (unpaired) electrons. The van der Waals surface area contributed by atoms with Crippen molar-refractivity contribution in [3.05, 3.63) is 81.8 Å². The van der Waals surface area contributed by atoms with Gasteiger partial charge in [0.2, 0.25) is 0 Å². The van der Waals surface area contributed by atoms with E-state index in [1.165, 1.54) is 27.5 Å². The number of benzene rings is 3. The van der Waals surface area contributed by atoms with E-state index in [0.29, 0.717) is 4.83 Å². The molecule has 0 saturated heterocycles. The Hall–Kier alpha value is -1.12. The van der Waals surface area contributed by atoms with Crippen LogP contribution in [0.25, 0.3) is 10.8 Å². The van der Waals surface area contributed by atoms with Crippen LogP contribution in [0.4, 0.5) is 0 Å². The Balaban J connectivity index is 2.01. The molecule has 2 heteroatoms. The molecular weight excluding hydrogens is 388 g/mol. The highest BCUT2D eigenvalue weighted by Crippen LogP contribution is 2.36. The SMILES string of the molecule is Cc1ccccc1CC(Br)c1ccc(Br)c2ccccc12. The molecule has 3 aromatic carbocycles. The highest BCUT2D eigenvalue weighted by molar-refractivity contribution is 9.10. The molecule has 3 rings (SSSR count). The molecule has 0 aliphatic carbocycles. The van der Waals surface area contributed by atoms with Crippen molar-refractivity contribution in [2.24, 2.45) is 0 Å². The van der Waals surface area contributed by atoms with Crippen LogP contribution >= 0.6 is 31.9 Å². The van der Waals surface area contributed by atoms with Gasteiger partial charge in [-0.3, -0.25) is 0 Å². The van der Waals surface area contributed by atoms with E-state index in [4.69, 9.17) is 0 Å². The van der Waals surface area contributed by atoms with Crippen LogP contribution in [0.15, 0.2) is 65.1 Å². The minimum atomic E-state index is 0.316. The third-order valence-electron chi connectivity index (χ3n) is 3.90. The van der Waals surface area contributed by atoms with Gasteiger partial charge >= 0.3 is 0 Å². The number of fused-ring (bicyclic) bond motifs is 1. The van der Waals surface area contributed by atoms with Crippen LogP contribution in [-0.4, -0.2) is 0 Å². The molecule has 0 aliphatic rings. The molecular formula is C19H16Br2. The van der Waals surface area contributed by atoms with Crippen molar-refractivity contribution in [2.45, 2.75) is 18.2 Å². The zero-order valence-corrected chi connectivity index (χ0v) is 15.0. The Morgan fingerprint density at radius 1 is 0.857 bits per heavy atom. The van der Waals surface area contributed by atoms with Crippen LogP contribution in [-0.2, 0) is 6.42 Å². The van der Waals surface area contributed by atoms with Gasteiger partial charge in [-0.1, -0.05) is 86.5 Å². The molecule has 3 aromatic rings. The van der Waals surface area contributed by atoms with Gasteiger partial charge < -0.3 is 0 Å². The van der Waals surface area contributed by atoms with Gasteiger partial charge in [0.1, 0.15) is 0 Å². The maximum absolute atomic E-state index is 3.89. The molecule has 0 spiro atoms. The maximum Gasteiger partial charge on any atom is 0.0441 e. The van der Waals surface area contributed by atoms with Crippen molar-refractivity contribution in [1.82, 2.24) is 0 Å². The van der Waals surface area contributed by atoms with Crippen LogP contribution in [0.5, 0.6) is 0 Å². The quantitative estimate of drug-likeness (QED) is 0.432. The lowest BCUT2D eigenvalue weighted by Gasteiger charge is -2.15. The van der Waals surface area contributed by atoms with E-state index in [2.05, 4.69) is 99.4 Å². The summed E-state index contributed by atoms with van der Waals surface area (Å²) in [7, 11) is 0. The van der Waals surface area contributed by atoms with Crippen molar-refractivity contribution in [2.75, 3.05) is 0 Å². The van der Waals surface area contributed by atoms with E-state index in [-0.39, 0.29) is 0 Å². The molecule has 0 fully saturated rings. The molecule has 21 heavy (non-hydrogen) atoms. The fourth-order valence-electron chi connectivity index (χ4n) is 2.70. The van der Waals surface area contributed by atoms with Crippen molar-refractivity contribution < 1.29 is 0 Å². The third-order valence-corrected chi connectivity index (χ3v) is 5.41. The maximum atomic E-state index is 3.89. The lowest BCUT2D eigenvalue weighted by molar-refractivity contribution is 0.946. The predicted molar refractivity (Wildman–Crippen MR) is 98.2 cm³/mol. The second-order valence-electron chi connectivity index (χ2n) is 5.28. The zero-order valence-electron chi connectivity index (χ0n) is 11.8. The first-order valence-corrected chi connectivity index (χ1v) is 8.73. The summed E-state index contributed by atoms with van der Waals surface area (Å²) in [6.07, 6.45) is 0.998. The topological polar surface area (TPSA) is 0 Å². The summed E-state index contributed by atoms with van der Waals surface area (Å²) in [4.78, 5) is 0.316. The second kappa shape index (κ2) is 6.33. The average molecular weight is 404 g/mol. The number of rotatable bonds is 3. The Bertz CT molecular complexity index is 777. The monoisotopic (exact) mass is 402 g/mol. The van der Waals surface area contributed by atoms with E-state index < -0.39 is 0 Å². The minimum absolute atomic E-state index is 0.316. The molecule has 0 N–H and O–H groups in total. The van der Waals surface area contributed by atoms with E-state index in [1.54, 1.807) is 0 Å². The summed E-state index contributed by atoms with van der Waals surface area (Å²) in [6, 6.07) is 21.5. The zero-order chi connectivity index (χ0) is 14.8. The Kier molecular flexibility index (Phi) is 4.46. The lowest BCUT2D eigenvalue weighted by Crippen LogP contribution is -1.98. The first-order valence-electron chi connectivity index (χ1n) is 7.02. The van der Waals surface area contributed by atoms with E-state index in [0.717, 1.165) is 10.9 Å². The highest BCUT2D eigenvalue weighted by Gasteiger charge is 2.14. The summed E-state index contributed by atoms with van der Waals surface area (Å²) in [5, 5.41) is 2.58. The van der Waals surface area contributed by atoms with Gasteiger partial charge in [0.15, 0.2) is 0 Å². The van der Waals surface area contributed by atoms with Gasteiger partial charge in [-0.2, -0.15) is 0 Å². The van der Waals surface area contributed by atoms with Crippen LogP contribution < -0.4 is 0 Å². The number of alkyl halides is 1. The molecule has 106 valence electrons. The molecule has 1 unspecified atom stereocenters. The summed E-state index contributed by atoms with van der Waals surface area (Å²) < 4.78 is 1.15. The summed E-state index contributed by atoms with van der Waals surface area (Å²) in [6.45, 7) is 2.18. The Labute approximate surface area is 142 Å². The lowest BCUT2D eigenvalue weighted by atomic mass is 9.97. The van der Waals surface area contributed by atoms with Gasteiger partial charge in [-0.15, -0.1) is 0 Å². The molecule has 0 heterocycles. The summed E-state index contributed by atoms with van der Waals surface area (Å²) in [5.74, 6) is 0. The normalized spacial score (nSPS) is 12.5. The fraction of sp³-hybridized carbons (Fsp3) is 0.158. The second-order valence-corrected chi connectivity index (χ2v) is 7.24. The molecule has 0 aromatic heterocycles. The number of halogens is 2. The van der Waals surface area contributed by atoms with Gasteiger partial charge in [-0.05, 0) is 46.9 Å². The highest BCUT2D eigenvalue weighted by atomic mass is 79.9. The fourth-order valence-corrected chi connectivity index (χ4v) is 3.93. The van der Waals surface area contributed by atoms with Gasteiger partial charge in [0.25, 0.3) is 0 Å². The Morgan fingerprint density at radius 3 is 2.29 bits per heavy atom. The average Bonchev–Trinajstić information content (AvgIpc) is 2.50. The van der Waals surface area contributed by atoms with E-state index >= 15 is 0 Å². The first-order chi connectivity index (χ1) is 10.2. The third kappa shape index (κ3) is 3.07. The Morgan fingerprint density at radius 2 is 1.52 bits per heavy atom. The van der Waals surface area contributed by atoms with Crippen LogP contribution in [0.3, 0.4) is 0 Å². The minimum Gasteiger partial charge on any atom is -0.0835 e. The van der Waals surface area contributed by atoms with Gasteiger partial charge in [0, 0.05) is 9.30 Å². The van der Waals surface area contributed by atoms with Crippen molar-refractivity contribution in [3.63, 3.8) is 0 Å². The van der Waals surface area contributed by atoms with Crippen LogP contribution in [0.2, 0.25) is 0 Å². The molecule has 0 bridgehead atoms. The van der Waals surface area contributed by atoms with Crippen LogP contribution in [0, 0.1) is 6.92 Å². The summed E-state index contributed by atoms with van der Waals surface area (Å²) >= 11 is 7.53. The van der Waals surface area contributed by atoms with Crippen molar-refractivity contribution in [1.29, 1.82) is 0 Å². The molecule has 1 atom stereocenters. The molecule has 0 amide bonds. The van der Waals surface area contributed by atoms with E-state index in [9.17, 15) is 0 Å². The van der Waals surface area contributed by atoms with E-state index in [1.807, 2.05) is 0 Å². The standard InChI is InChI=1S/C19H16Br2/c1-13-6-2-3-7-14(13)12-19(21)17-10-11-18(20)16-9-5-4-8-15(16)17/h2-11,19H,12H2,1H3. The molecule has 0 aliphatic heterocycles. The number of hydrogen-bond acceptors (Lipinski definition) is 0. The van der Waals surface area contributed by atoms with Gasteiger partial charge in [0.05, 0.1) is 0 Å². The molecule has 0 saturated carbocycles. The largest absolute Gasteiger partial charge is 0.0835 e. The van der Waals surface area contributed by atoms with Crippen LogP contribution in [0.1, 0.15) is 21.5 Å². The van der Waals surface area contributed by atoms with Gasteiger partial charge in [-0.25, -0.2) is 0 Å². The smallest absolute Gasteiger partial charge is 0.0441 e.